The van der Waals surface area contributed by atoms with Crippen molar-refractivity contribution >= 4 is 11.9 Å². The van der Waals surface area contributed by atoms with Crippen LogP contribution >= 0.6 is 0 Å². The molecule has 0 spiro atoms. The minimum Gasteiger partial charge on any atom is -0.481 e. The van der Waals surface area contributed by atoms with Gasteiger partial charge in [0.2, 0.25) is 0 Å². The SMILES string of the molecule is C=C(C)[C@@H]1CN[C@H](C(=O)OC)[C@H]1CC(=O)O. The van der Waals surface area contributed by atoms with Crippen LogP contribution in [0.1, 0.15) is 13.3 Å². The molecule has 0 saturated carbocycles. The van der Waals surface area contributed by atoms with Crippen LogP contribution in [0.4, 0.5) is 0 Å². The summed E-state index contributed by atoms with van der Waals surface area (Å²) in [4.78, 5) is 22.2. The lowest BCUT2D eigenvalue weighted by Gasteiger charge is -2.20. The molecular weight excluding hydrogens is 210 g/mol. The number of carboxylic acid groups (broad SMARTS) is 1. The van der Waals surface area contributed by atoms with E-state index in [0.29, 0.717) is 6.54 Å². The summed E-state index contributed by atoms with van der Waals surface area (Å²) in [6.07, 6.45) is -0.0513. The van der Waals surface area contributed by atoms with Crippen LogP contribution in [-0.2, 0) is 14.3 Å². The average Bonchev–Trinajstić information content (AvgIpc) is 2.59. The quantitative estimate of drug-likeness (QED) is 0.537. The highest BCUT2D eigenvalue weighted by molar-refractivity contribution is 5.78. The molecule has 0 aromatic rings. The first-order valence-corrected chi connectivity index (χ1v) is 5.15. The molecule has 1 aliphatic rings. The third-order valence-corrected chi connectivity index (χ3v) is 3.00. The predicted octanol–water partition coefficient (Wildman–Crippen LogP) is 0.414. The number of methoxy groups -OCH3 is 1. The van der Waals surface area contributed by atoms with E-state index in [0.717, 1.165) is 5.57 Å². The van der Waals surface area contributed by atoms with E-state index in [1.807, 2.05) is 6.92 Å². The molecule has 0 bridgehead atoms. The van der Waals surface area contributed by atoms with E-state index >= 15 is 0 Å². The number of carbonyl (C=O) groups is 2. The lowest BCUT2D eigenvalue weighted by atomic mass is 9.84. The molecular formula is C11H17NO4. The van der Waals surface area contributed by atoms with Gasteiger partial charge in [-0.25, -0.2) is 0 Å². The molecule has 0 radical (unpaired) electrons. The van der Waals surface area contributed by atoms with E-state index in [1.54, 1.807) is 0 Å². The van der Waals surface area contributed by atoms with Crippen molar-refractivity contribution in [1.29, 1.82) is 0 Å². The number of aliphatic carboxylic acids is 1. The van der Waals surface area contributed by atoms with Gasteiger partial charge in [-0.2, -0.15) is 0 Å². The predicted molar refractivity (Wildman–Crippen MR) is 57.9 cm³/mol. The normalized spacial score (nSPS) is 28.8. The van der Waals surface area contributed by atoms with E-state index < -0.39 is 18.0 Å². The molecule has 90 valence electrons. The monoisotopic (exact) mass is 227 g/mol. The summed E-state index contributed by atoms with van der Waals surface area (Å²) in [6, 6.07) is -0.539. The molecule has 3 atom stereocenters. The number of rotatable bonds is 4. The Kier molecular flexibility index (Phi) is 4.06. The molecule has 1 saturated heterocycles. The zero-order valence-corrected chi connectivity index (χ0v) is 9.53. The molecule has 2 N–H and O–H groups in total. The van der Waals surface area contributed by atoms with Gasteiger partial charge in [0, 0.05) is 12.5 Å². The number of ether oxygens (including phenoxy) is 1. The van der Waals surface area contributed by atoms with Crippen molar-refractivity contribution in [2.75, 3.05) is 13.7 Å². The number of hydrogen-bond donors (Lipinski definition) is 2. The molecule has 0 unspecified atom stereocenters. The Morgan fingerprint density at radius 1 is 1.56 bits per heavy atom. The van der Waals surface area contributed by atoms with Crippen LogP contribution in [0.15, 0.2) is 12.2 Å². The van der Waals surface area contributed by atoms with Crippen LogP contribution in [0.3, 0.4) is 0 Å². The lowest BCUT2D eigenvalue weighted by Crippen LogP contribution is -2.37. The van der Waals surface area contributed by atoms with Crippen LogP contribution in [-0.4, -0.2) is 36.7 Å². The Hall–Kier alpha value is -1.36. The largest absolute Gasteiger partial charge is 0.481 e. The number of carbonyl (C=O) groups excluding carboxylic acids is 1. The third-order valence-electron chi connectivity index (χ3n) is 3.00. The van der Waals surface area contributed by atoms with E-state index in [1.165, 1.54) is 7.11 Å². The summed E-state index contributed by atoms with van der Waals surface area (Å²) >= 11 is 0. The maximum Gasteiger partial charge on any atom is 0.323 e. The van der Waals surface area contributed by atoms with Crippen molar-refractivity contribution in [3.63, 3.8) is 0 Å². The van der Waals surface area contributed by atoms with Crippen molar-refractivity contribution in [2.24, 2.45) is 11.8 Å². The molecule has 0 aromatic carbocycles. The highest BCUT2D eigenvalue weighted by atomic mass is 16.5. The average molecular weight is 227 g/mol. The van der Waals surface area contributed by atoms with Gasteiger partial charge < -0.3 is 15.2 Å². The zero-order chi connectivity index (χ0) is 12.3. The second-order valence-electron chi connectivity index (χ2n) is 4.12. The second-order valence-corrected chi connectivity index (χ2v) is 4.12. The molecule has 1 fully saturated rings. The molecule has 0 amide bonds. The highest BCUT2D eigenvalue weighted by Gasteiger charge is 2.41. The standard InChI is InChI=1S/C11H17NO4/c1-6(2)8-5-12-10(11(15)16-3)7(8)4-9(13)14/h7-8,10,12H,1,4-5H2,2-3H3,(H,13,14)/t7-,8-,10-/m0/s1. The van der Waals surface area contributed by atoms with Gasteiger partial charge in [0.1, 0.15) is 6.04 Å². The Labute approximate surface area is 94.5 Å². The van der Waals surface area contributed by atoms with Gasteiger partial charge in [0.15, 0.2) is 0 Å². The smallest absolute Gasteiger partial charge is 0.323 e. The molecule has 1 rings (SSSR count). The number of nitrogens with one attached hydrogen (secondary N) is 1. The van der Waals surface area contributed by atoms with E-state index in [-0.39, 0.29) is 18.3 Å². The topological polar surface area (TPSA) is 75.6 Å². The maximum absolute atomic E-state index is 11.5. The van der Waals surface area contributed by atoms with Crippen LogP contribution < -0.4 is 5.32 Å². The molecule has 5 nitrogen and oxygen atoms in total. The van der Waals surface area contributed by atoms with Crippen molar-refractivity contribution in [3.05, 3.63) is 12.2 Å². The van der Waals surface area contributed by atoms with Gasteiger partial charge in [-0.3, -0.25) is 9.59 Å². The van der Waals surface area contributed by atoms with Crippen LogP contribution in [0, 0.1) is 11.8 Å². The van der Waals surface area contributed by atoms with Gasteiger partial charge in [0.25, 0.3) is 0 Å². The first-order chi connectivity index (χ1) is 7.47. The summed E-state index contributed by atoms with van der Waals surface area (Å²) in [6.45, 7) is 6.25. The number of carboxylic acids is 1. The molecule has 1 heterocycles. The van der Waals surface area contributed by atoms with Crippen LogP contribution in [0.5, 0.6) is 0 Å². The van der Waals surface area contributed by atoms with Crippen molar-refractivity contribution in [3.8, 4) is 0 Å². The molecule has 0 aromatic heterocycles. The van der Waals surface area contributed by atoms with Gasteiger partial charge in [-0.05, 0) is 12.8 Å². The van der Waals surface area contributed by atoms with Crippen molar-refractivity contribution in [2.45, 2.75) is 19.4 Å². The first kappa shape index (κ1) is 12.7. The highest BCUT2D eigenvalue weighted by Crippen LogP contribution is 2.31. The van der Waals surface area contributed by atoms with Crippen molar-refractivity contribution < 1.29 is 19.4 Å². The summed E-state index contributed by atoms with van der Waals surface area (Å²) in [7, 11) is 1.30. The summed E-state index contributed by atoms with van der Waals surface area (Å²) in [5.41, 5.74) is 0.894. The zero-order valence-electron chi connectivity index (χ0n) is 9.53. The van der Waals surface area contributed by atoms with Gasteiger partial charge in [-0.1, -0.05) is 12.2 Å². The summed E-state index contributed by atoms with van der Waals surface area (Å²) < 4.78 is 4.65. The van der Waals surface area contributed by atoms with E-state index in [4.69, 9.17) is 5.11 Å². The maximum atomic E-state index is 11.5. The second kappa shape index (κ2) is 5.12. The Morgan fingerprint density at radius 3 is 2.62 bits per heavy atom. The number of hydrogen-bond acceptors (Lipinski definition) is 4. The fourth-order valence-corrected chi connectivity index (χ4v) is 2.18. The Morgan fingerprint density at radius 2 is 2.19 bits per heavy atom. The molecule has 16 heavy (non-hydrogen) atoms. The van der Waals surface area contributed by atoms with Crippen molar-refractivity contribution in [1.82, 2.24) is 5.32 Å². The van der Waals surface area contributed by atoms with Gasteiger partial charge >= 0.3 is 11.9 Å². The fourth-order valence-electron chi connectivity index (χ4n) is 2.18. The lowest BCUT2D eigenvalue weighted by molar-refractivity contribution is -0.145. The number of esters is 1. The van der Waals surface area contributed by atoms with Gasteiger partial charge in [-0.15, -0.1) is 0 Å². The summed E-state index contributed by atoms with van der Waals surface area (Å²) in [5.74, 6) is -1.58. The molecule has 5 heteroatoms. The van der Waals surface area contributed by atoms with Crippen LogP contribution in [0.2, 0.25) is 0 Å². The minimum absolute atomic E-state index is 0.0141. The third kappa shape index (κ3) is 2.61. The fraction of sp³-hybridized carbons (Fsp3) is 0.636. The molecule has 1 aliphatic heterocycles. The first-order valence-electron chi connectivity index (χ1n) is 5.15. The van der Waals surface area contributed by atoms with E-state index in [9.17, 15) is 9.59 Å². The van der Waals surface area contributed by atoms with E-state index in [2.05, 4.69) is 16.6 Å². The summed E-state index contributed by atoms with van der Waals surface area (Å²) in [5, 5.41) is 11.8. The Balaban J connectivity index is 2.83. The van der Waals surface area contributed by atoms with Crippen LogP contribution in [0.25, 0.3) is 0 Å². The minimum atomic E-state index is -0.908. The van der Waals surface area contributed by atoms with Gasteiger partial charge in [0.05, 0.1) is 13.5 Å². The Bertz CT molecular complexity index is 313. The molecule has 0 aliphatic carbocycles.